The predicted octanol–water partition coefficient (Wildman–Crippen LogP) is 16.5. The molecule has 0 aliphatic heterocycles. The van der Waals surface area contributed by atoms with Crippen molar-refractivity contribution in [1.82, 2.24) is 5.32 Å². The Morgan fingerprint density at radius 1 is 0.435 bits per heavy atom. The summed E-state index contributed by atoms with van der Waals surface area (Å²) in [6.45, 7) is 4.86. The lowest BCUT2D eigenvalue weighted by molar-refractivity contribution is -0.143. The van der Waals surface area contributed by atoms with Crippen LogP contribution in [0.5, 0.6) is 0 Å². The summed E-state index contributed by atoms with van der Waals surface area (Å²) in [5.41, 5.74) is 0. The van der Waals surface area contributed by atoms with Gasteiger partial charge >= 0.3 is 5.97 Å². The number of nitrogens with one attached hydrogen (secondary N) is 1. The number of ether oxygens (including phenoxy) is 1. The Morgan fingerprint density at radius 3 is 1.15 bits per heavy atom. The third kappa shape index (κ3) is 47.6. The van der Waals surface area contributed by atoms with Crippen molar-refractivity contribution in [3.63, 3.8) is 0 Å². The first kappa shape index (κ1) is 60.1. The summed E-state index contributed by atoms with van der Waals surface area (Å²) in [5, 5.41) is 23.1. The minimum atomic E-state index is -0.855. The molecular weight excluding hydrogens is 767 g/mol. The fraction of sp³-hybridized carbons (Fsp3) is 0.857. The number of aliphatic hydroxyl groups excluding tert-OH is 2. The van der Waals surface area contributed by atoms with E-state index in [1.807, 2.05) is 6.08 Å². The number of hydrogen-bond acceptors (Lipinski definition) is 5. The van der Waals surface area contributed by atoms with E-state index in [-0.39, 0.29) is 18.5 Å². The molecule has 0 heterocycles. The van der Waals surface area contributed by atoms with Gasteiger partial charge in [0.05, 0.1) is 25.4 Å². The number of carbonyl (C=O) groups is 2. The highest BCUT2D eigenvalue weighted by molar-refractivity contribution is 5.76. The Labute approximate surface area is 385 Å². The van der Waals surface area contributed by atoms with Crippen LogP contribution in [0.4, 0.5) is 0 Å². The molecule has 0 bridgehead atoms. The molecule has 0 aliphatic carbocycles. The average Bonchev–Trinajstić information content (AvgIpc) is 3.27. The van der Waals surface area contributed by atoms with E-state index in [0.29, 0.717) is 19.4 Å². The molecule has 0 radical (unpaired) electrons. The molecule has 2 unspecified atom stereocenters. The van der Waals surface area contributed by atoms with Crippen molar-refractivity contribution in [2.24, 2.45) is 0 Å². The van der Waals surface area contributed by atoms with E-state index in [4.69, 9.17) is 4.74 Å². The van der Waals surface area contributed by atoms with Gasteiger partial charge in [-0.15, -0.1) is 0 Å². The Bertz CT molecular complexity index is 1010. The number of allylic oxidation sites excluding steroid dienone is 5. The zero-order chi connectivity index (χ0) is 45.1. The van der Waals surface area contributed by atoms with Crippen LogP contribution in [0.3, 0.4) is 0 Å². The lowest BCUT2D eigenvalue weighted by atomic mass is 10.0. The number of unbranched alkanes of at least 4 members (excludes halogenated alkanes) is 35. The van der Waals surface area contributed by atoms with Crippen molar-refractivity contribution < 1.29 is 24.5 Å². The molecule has 0 saturated heterocycles. The van der Waals surface area contributed by atoms with Crippen LogP contribution in [0.1, 0.15) is 284 Å². The van der Waals surface area contributed by atoms with Crippen molar-refractivity contribution in [2.75, 3.05) is 13.2 Å². The standard InChI is InChI=1S/C56H105NO5/c1-3-5-7-9-11-13-15-17-21-24-28-32-36-40-44-48-54(59)53(52-58)57-55(60)49-45-41-37-33-29-25-22-19-20-23-27-31-35-39-43-47-51-62-56(61)50-46-42-38-34-30-26-18-16-14-12-10-8-6-4-2/h16,18-19,22,44,48,53-54,58-59H,3-15,17,20-21,23-43,45-47,49-52H2,1-2H3,(H,57,60)/b18-16-,22-19-,48-44+. The molecule has 6 heteroatoms. The van der Waals surface area contributed by atoms with Gasteiger partial charge in [-0.2, -0.15) is 0 Å². The lowest BCUT2D eigenvalue weighted by Crippen LogP contribution is -2.45. The topological polar surface area (TPSA) is 95.9 Å². The van der Waals surface area contributed by atoms with Gasteiger partial charge in [0.1, 0.15) is 0 Å². The smallest absolute Gasteiger partial charge is 0.305 e. The number of carbonyl (C=O) groups excluding carboxylic acids is 2. The molecule has 0 fully saturated rings. The van der Waals surface area contributed by atoms with Crippen LogP contribution >= 0.6 is 0 Å². The van der Waals surface area contributed by atoms with Crippen LogP contribution in [-0.4, -0.2) is 47.4 Å². The largest absolute Gasteiger partial charge is 0.466 e. The minimum Gasteiger partial charge on any atom is -0.466 e. The normalized spacial score (nSPS) is 12.9. The van der Waals surface area contributed by atoms with E-state index >= 15 is 0 Å². The Morgan fingerprint density at radius 2 is 0.758 bits per heavy atom. The van der Waals surface area contributed by atoms with Gasteiger partial charge < -0.3 is 20.3 Å². The van der Waals surface area contributed by atoms with Gasteiger partial charge in [0.25, 0.3) is 0 Å². The van der Waals surface area contributed by atoms with Gasteiger partial charge in [-0.3, -0.25) is 9.59 Å². The summed E-state index contributed by atoms with van der Waals surface area (Å²) in [4.78, 5) is 24.5. The lowest BCUT2D eigenvalue weighted by Gasteiger charge is -2.20. The van der Waals surface area contributed by atoms with Crippen molar-refractivity contribution in [1.29, 1.82) is 0 Å². The van der Waals surface area contributed by atoms with Gasteiger partial charge in [0.15, 0.2) is 0 Å². The monoisotopic (exact) mass is 872 g/mol. The second kappa shape index (κ2) is 51.7. The van der Waals surface area contributed by atoms with E-state index < -0.39 is 12.1 Å². The molecule has 62 heavy (non-hydrogen) atoms. The third-order valence-corrected chi connectivity index (χ3v) is 12.4. The van der Waals surface area contributed by atoms with E-state index in [0.717, 1.165) is 64.2 Å². The summed E-state index contributed by atoms with van der Waals surface area (Å²) in [5.74, 6) is -0.0981. The first-order valence-corrected chi connectivity index (χ1v) is 27.3. The summed E-state index contributed by atoms with van der Waals surface area (Å²) in [6.07, 6.45) is 62.9. The molecule has 0 aromatic heterocycles. The number of aliphatic hydroxyl groups is 2. The fourth-order valence-corrected chi connectivity index (χ4v) is 8.15. The fourth-order valence-electron chi connectivity index (χ4n) is 8.15. The number of hydrogen-bond donors (Lipinski definition) is 3. The van der Waals surface area contributed by atoms with Gasteiger partial charge in [0.2, 0.25) is 5.91 Å². The van der Waals surface area contributed by atoms with Crippen LogP contribution < -0.4 is 5.32 Å². The highest BCUT2D eigenvalue weighted by atomic mass is 16.5. The Kier molecular flexibility index (Phi) is 50.1. The summed E-state index contributed by atoms with van der Waals surface area (Å²) in [6, 6.07) is -0.640. The van der Waals surface area contributed by atoms with Crippen LogP contribution in [0.2, 0.25) is 0 Å². The molecule has 0 saturated carbocycles. The van der Waals surface area contributed by atoms with E-state index in [9.17, 15) is 19.8 Å². The molecule has 0 aromatic carbocycles. The maximum Gasteiger partial charge on any atom is 0.305 e. The second-order valence-corrected chi connectivity index (χ2v) is 18.5. The van der Waals surface area contributed by atoms with E-state index in [1.165, 1.54) is 193 Å². The van der Waals surface area contributed by atoms with Crippen LogP contribution in [0, 0.1) is 0 Å². The van der Waals surface area contributed by atoms with Crippen LogP contribution in [-0.2, 0) is 14.3 Å². The first-order valence-electron chi connectivity index (χ1n) is 27.3. The zero-order valence-corrected chi connectivity index (χ0v) is 41.4. The van der Waals surface area contributed by atoms with Crippen LogP contribution in [0.15, 0.2) is 36.5 Å². The maximum absolute atomic E-state index is 12.4. The quantitative estimate of drug-likeness (QED) is 0.0321. The second-order valence-electron chi connectivity index (χ2n) is 18.5. The van der Waals surface area contributed by atoms with E-state index in [2.05, 4.69) is 43.5 Å². The number of amides is 1. The SMILES string of the molecule is CCCCCCC/C=C\CCCCCCCC(=O)OCCCCCCCCC/C=C\CCCCCCCC(=O)NC(CO)C(O)/C=C/CCCCCCCCCCCCCCC. The van der Waals surface area contributed by atoms with Crippen LogP contribution in [0.25, 0.3) is 0 Å². The average molecular weight is 872 g/mol. The number of esters is 1. The number of rotatable bonds is 50. The molecule has 2 atom stereocenters. The molecule has 0 rings (SSSR count). The van der Waals surface area contributed by atoms with Gasteiger partial charge in [-0.25, -0.2) is 0 Å². The molecule has 6 nitrogen and oxygen atoms in total. The molecule has 0 aliphatic rings. The van der Waals surface area contributed by atoms with Crippen molar-refractivity contribution >= 4 is 11.9 Å². The highest BCUT2D eigenvalue weighted by Gasteiger charge is 2.18. The zero-order valence-electron chi connectivity index (χ0n) is 41.4. The summed E-state index contributed by atoms with van der Waals surface area (Å²) >= 11 is 0. The van der Waals surface area contributed by atoms with Gasteiger partial charge in [0, 0.05) is 12.8 Å². The molecular formula is C56H105NO5. The van der Waals surface area contributed by atoms with Crippen molar-refractivity contribution in [3.8, 4) is 0 Å². The molecule has 3 N–H and O–H groups in total. The van der Waals surface area contributed by atoms with Crippen molar-refractivity contribution in [3.05, 3.63) is 36.5 Å². The minimum absolute atomic E-state index is 0.0128. The summed E-state index contributed by atoms with van der Waals surface area (Å²) in [7, 11) is 0. The molecule has 1 amide bonds. The predicted molar refractivity (Wildman–Crippen MR) is 269 cm³/mol. The maximum atomic E-state index is 12.4. The highest BCUT2D eigenvalue weighted by Crippen LogP contribution is 2.15. The van der Waals surface area contributed by atoms with Crippen molar-refractivity contribution in [2.45, 2.75) is 296 Å². The third-order valence-electron chi connectivity index (χ3n) is 12.4. The van der Waals surface area contributed by atoms with Gasteiger partial charge in [-0.1, -0.05) is 224 Å². The molecule has 364 valence electrons. The molecule has 0 spiro atoms. The first-order chi connectivity index (χ1) is 30.5. The Balaban J connectivity index is 3.51. The molecule has 0 aromatic rings. The Hall–Kier alpha value is -1.92. The van der Waals surface area contributed by atoms with Gasteiger partial charge in [-0.05, 0) is 83.5 Å². The summed E-state index contributed by atoms with van der Waals surface area (Å²) < 4.78 is 5.46. The van der Waals surface area contributed by atoms with E-state index in [1.54, 1.807) is 6.08 Å².